The van der Waals surface area contributed by atoms with Crippen LogP contribution in [0.15, 0.2) is 37.2 Å². The van der Waals surface area contributed by atoms with E-state index in [9.17, 15) is 0 Å². The zero-order valence-electron chi connectivity index (χ0n) is 9.38. The summed E-state index contributed by atoms with van der Waals surface area (Å²) < 4.78 is 0. The standard InChI is InChI=1S/C12H14N4/c1-9-3-4-14-7-11(9)12(13-2)10-5-15-8-16-6-10/h3-8,12-13H,1-2H3. The maximum absolute atomic E-state index is 4.16. The summed E-state index contributed by atoms with van der Waals surface area (Å²) in [7, 11) is 1.92. The second kappa shape index (κ2) is 4.81. The number of nitrogens with zero attached hydrogens (tertiary/aromatic N) is 3. The second-order valence-electron chi connectivity index (χ2n) is 3.63. The van der Waals surface area contributed by atoms with Crippen molar-refractivity contribution in [1.29, 1.82) is 0 Å². The Morgan fingerprint density at radius 1 is 1.12 bits per heavy atom. The largest absolute Gasteiger partial charge is 0.309 e. The van der Waals surface area contributed by atoms with Gasteiger partial charge in [0.25, 0.3) is 0 Å². The summed E-state index contributed by atoms with van der Waals surface area (Å²) in [5.74, 6) is 0. The lowest BCUT2D eigenvalue weighted by atomic mass is 9.99. The molecule has 2 aromatic rings. The smallest absolute Gasteiger partial charge is 0.115 e. The van der Waals surface area contributed by atoms with Crippen LogP contribution in [0.1, 0.15) is 22.7 Å². The predicted molar refractivity (Wildman–Crippen MR) is 61.9 cm³/mol. The lowest BCUT2D eigenvalue weighted by molar-refractivity contribution is 0.677. The topological polar surface area (TPSA) is 50.7 Å². The van der Waals surface area contributed by atoms with Crippen molar-refractivity contribution in [3.63, 3.8) is 0 Å². The summed E-state index contributed by atoms with van der Waals surface area (Å²) in [6, 6.07) is 2.10. The molecule has 4 heteroatoms. The van der Waals surface area contributed by atoms with Crippen LogP contribution in [0.2, 0.25) is 0 Å². The molecule has 0 aromatic carbocycles. The highest BCUT2D eigenvalue weighted by Gasteiger charge is 2.14. The third-order valence-corrected chi connectivity index (χ3v) is 2.59. The Morgan fingerprint density at radius 2 is 1.88 bits per heavy atom. The van der Waals surface area contributed by atoms with E-state index in [0.717, 1.165) is 11.1 Å². The molecule has 0 bridgehead atoms. The molecule has 0 saturated heterocycles. The molecule has 16 heavy (non-hydrogen) atoms. The first-order valence-corrected chi connectivity index (χ1v) is 5.15. The van der Waals surface area contributed by atoms with Gasteiger partial charge >= 0.3 is 0 Å². The van der Waals surface area contributed by atoms with Gasteiger partial charge in [-0.15, -0.1) is 0 Å². The van der Waals surface area contributed by atoms with E-state index in [1.807, 2.05) is 31.7 Å². The molecule has 1 N–H and O–H groups in total. The van der Waals surface area contributed by atoms with Gasteiger partial charge in [-0.05, 0) is 31.2 Å². The van der Waals surface area contributed by atoms with Gasteiger partial charge in [0.05, 0.1) is 6.04 Å². The molecule has 0 radical (unpaired) electrons. The summed E-state index contributed by atoms with van der Waals surface area (Å²) >= 11 is 0. The highest BCUT2D eigenvalue weighted by molar-refractivity contribution is 5.32. The van der Waals surface area contributed by atoms with Crippen LogP contribution in [-0.4, -0.2) is 22.0 Å². The van der Waals surface area contributed by atoms with Crippen LogP contribution in [-0.2, 0) is 0 Å². The first kappa shape index (κ1) is 10.7. The zero-order valence-corrected chi connectivity index (χ0v) is 9.38. The number of aromatic nitrogens is 3. The first-order valence-electron chi connectivity index (χ1n) is 5.15. The van der Waals surface area contributed by atoms with E-state index in [1.54, 1.807) is 6.20 Å². The van der Waals surface area contributed by atoms with E-state index >= 15 is 0 Å². The van der Waals surface area contributed by atoms with Crippen LogP contribution in [0.4, 0.5) is 0 Å². The molecule has 0 fully saturated rings. The molecule has 2 rings (SSSR count). The van der Waals surface area contributed by atoms with Gasteiger partial charge in [-0.3, -0.25) is 4.98 Å². The fraction of sp³-hybridized carbons (Fsp3) is 0.250. The molecule has 0 saturated carbocycles. The molecule has 1 atom stereocenters. The van der Waals surface area contributed by atoms with Gasteiger partial charge in [0, 0.05) is 30.4 Å². The SMILES string of the molecule is CNC(c1cncnc1)c1cnccc1C. The molecule has 1 unspecified atom stereocenters. The van der Waals surface area contributed by atoms with Crippen molar-refractivity contribution in [2.45, 2.75) is 13.0 Å². The Labute approximate surface area is 94.8 Å². The number of rotatable bonds is 3. The minimum Gasteiger partial charge on any atom is -0.309 e. The average molecular weight is 214 g/mol. The summed E-state index contributed by atoms with van der Waals surface area (Å²) in [6.45, 7) is 2.07. The summed E-state index contributed by atoms with van der Waals surface area (Å²) in [6.07, 6.45) is 8.85. The maximum atomic E-state index is 4.16. The Morgan fingerprint density at radius 3 is 2.50 bits per heavy atom. The van der Waals surface area contributed by atoms with Crippen molar-refractivity contribution in [3.8, 4) is 0 Å². The molecular formula is C12H14N4. The second-order valence-corrected chi connectivity index (χ2v) is 3.63. The predicted octanol–water partition coefficient (Wildman–Crippen LogP) is 1.49. The number of pyridine rings is 1. The van der Waals surface area contributed by atoms with E-state index in [1.165, 1.54) is 11.9 Å². The van der Waals surface area contributed by atoms with Gasteiger partial charge in [-0.1, -0.05) is 0 Å². The lowest BCUT2D eigenvalue weighted by Crippen LogP contribution is -2.19. The molecule has 0 amide bonds. The van der Waals surface area contributed by atoms with Crippen molar-refractivity contribution < 1.29 is 0 Å². The van der Waals surface area contributed by atoms with Crippen molar-refractivity contribution in [1.82, 2.24) is 20.3 Å². The van der Waals surface area contributed by atoms with Gasteiger partial charge in [-0.2, -0.15) is 0 Å². The van der Waals surface area contributed by atoms with E-state index in [0.29, 0.717) is 0 Å². The molecule has 4 nitrogen and oxygen atoms in total. The van der Waals surface area contributed by atoms with E-state index in [-0.39, 0.29) is 6.04 Å². The van der Waals surface area contributed by atoms with Crippen molar-refractivity contribution >= 4 is 0 Å². The normalized spacial score (nSPS) is 12.4. The van der Waals surface area contributed by atoms with Gasteiger partial charge in [0.2, 0.25) is 0 Å². The monoisotopic (exact) mass is 214 g/mol. The highest BCUT2D eigenvalue weighted by Crippen LogP contribution is 2.22. The number of aryl methyl sites for hydroxylation is 1. The highest BCUT2D eigenvalue weighted by atomic mass is 14.9. The molecule has 0 aliphatic carbocycles. The average Bonchev–Trinajstić information content (AvgIpc) is 2.34. The molecule has 0 aliphatic rings. The number of nitrogens with one attached hydrogen (secondary N) is 1. The van der Waals surface area contributed by atoms with Crippen molar-refractivity contribution in [3.05, 3.63) is 53.9 Å². The van der Waals surface area contributed by atoms with Gasteiger partial charge in [0.15, 0.2) is 0 Å². The van der Waals surface area contributed by atoms with Crippen molar-refractivity contribution in [2.24, 2.45) is 0 Å². The van der Waals surface area contributed by atoms with Gasteiger partial charge in [-0.25, -0.2) is 9.97 Å². The Kier molecular flexibility index (Phi) is 3.22. The van der Waals surface area contributed by atoms with Gasteiger partial charge in [0.1, 0.15) is 6.33 Å². The maximum Gasteiger partial charge on any atom is 0.115 e. The van der Waals surface area contributed by atoms with Crippen LogP contribution in [0.3, 0.4) is 0 Å². The minimum absolute atomic E-state index is 0.0925. The molecule has 0 spiro atoms. The van der Waals surface area contributed by atoms with Crippen LogP contribution in [0.25, 0.3) is 0 Å². The minimum atomic E-state index is 0.0925. The van der Waals surface area contributed by atoms with Crippen LogP contribution >= 0.6 is 0 Å². The summed E-state index contributed by atoms with van der Waals surface area (Å²) in [5.41, 5.74) is 3.40. The van der Waals surface area contributed by atoms with E-state index in [4.69, 9.17) is 0 Å². The van der Waals surface area contributed by atoms with E-state index in [2.05, 4.69) is 27.2 Å². The zero-order chi connectivity index (χ0) is 11.4. The molecule has 0 aliphatic heterocycles. The molecule has 2 heterocycles. The Hall–Kier alpha value is -1.81. The Bertz CT molecular complexity index is 456. The third-order valence-electron chi connectivity index (χ3n) is 2.59. The quantitative estimate of drug-likeness (QED) is 0.841. The molecule has 2 aromatic heterocycles. The molecular weight excluding hydrogens is 200 g/mol. The lowest BCUT2D eigenvalue weighted by Gasteiger charge is -2.17. The fourth-order valence-electron chi connectivity index (χ4n) is 1.74. The summed E-state index contributed by atoms with van der Waals surface area (Å²) in [5, 5.41) is 3.26. The van der Waals surface area contributed by atoms with Crippen LogP contribution in [0.5, 0.6) is 0 Å². The first-order chi connectivity index (χ1) is 7.83. The number of hydrogen-bond donors (Lipinski definition) is 1. The fourth-order valence-corrected chi connectivity index (χ4v) is 1.74. The van der Waals surface area contributed by atoms with E-state index < -0.39 is 0 Å². The van der Waals surface area contributed by atoms with Gasteiger partial charge < -0.3 is 5.32 Å². The van der Waals surface area contributed by atoms with Crippen LogP contribution < -0.4 is 5.32 Å². The van der Waals surface area contributed by atoms with Crippen LogP contribution in [0, 0.1) is 6.92 Å². The number of hydrogen-bond acceptors (Lipinski definition) is 4. The van der Waals surface area contributed by atoms with Crippen molar-refractivity contribution in [2.75, 3.05) is 7.05 Å². The molecule has 82 valence electrons. The third kappa shape index (κ3) is 2.06. The Balaban J connectivity index is 2.41. The summed E-state index contributed by atoms with van der Waals surface area (Å²) in [4.78, 5) is 12.2.